The molecule has 0 aliphatic rings. The maximum Gasteiger partial charge on any atom is 0.193 e. The highest BCUT2D eigenvalue weighted by molar-refractivity contribution is 5.92. The van der Waals surface area contributed by atoms with Crippen molar-refractivity contribution in [3.63, 3.8) is 0 Å². The number of nitrogens with one attached hydrogen (secondary N) is 1. The number of likely N-dealkylation sites (N-methyl/N-ethyl adjacent to an activating group) is 1. The van der Waals surface area contributed by atoms with Gasteiger partial charge in [-0.3, -0.25) is 4.99 Å². The van der Waals surface area contributed by atoms with Gasteiger partial charge in [-0.05, 0) is 49.7 Å². The lowest BCUT2D eigenvalue weighted by Gasteiger charge is -2.23. The summed E-state index contributed by atoms with van der Waals surface area (Å²) < 4.78 is 0. The Morgan fingerprint density at radius 1 is 1.08 bits per heavy atom. The van der Waals surface area contributed by atoms with Crippen LogP contribution in [-0.4, -0.2) is 37.5 Å². The molecule has 0 amide bonds. The first kappa shape index (κ1) is 19.0. The molecule has 0 spiro atoms. The molecule has 2 aromatic rings. The predicted molar refractivity (Wildman–Crippen MR) is 108 cm³/mol. The number of benzene rings is 2. The lowest BCUT2D eigenvalue weighted by molar-refractivity contribution is 0.298. The number of guanidine groups is 1. The van der Waals surface area contributed by atoms with Gasteiger partial charge in [-0.25, -0.2) is 0 Å². The number of hydrogen-bond acceptors (Lipinski definition) is 2. The van der Waals surface area contributed by atoms with Crippen LogP contribution in [0.2, 0.25) is 0 Å². The molecule has 2 aromatic carbocycles. The van der Waals surface area contributed by atoms with Crippen molar-refractivity contribution in [1.29, 1.82) is 0 Å². The normalized spacial score (nSPS) is 13.3. The molecule has 4 nitrogen and oxygen atoms in total. The third-order valence-electron chi connectivity index (χ3n) is 4.34. The summed E-state index contributed by atoms with van der Waals surface area (Å²) in [5.41, 5.74) is 9.68. The van der Waals surface area contributed by atoms with Crippen molar-refractivity contribution in [1.82, 2.24) is 4.90 Å². The van der Waals surface area contributed by atoms with Gasteiger partial charge in [0.25, 0.3) is 0 Å². The van der Waals surface area contributed by atoms with E-state index in [9.17, 15) is 0 Å². The molecule has 0 aliphatic heterocycles. The van der Waals surface area contributed by atoms with Gasteiger partial charge in [0.15, 0.2) is 5.96 Å². The molecule has 0 radical (unpaired) electrons. The predicted octanol–water partition coefficient (Wildman–Crippen LogP) is 3.71. The second-order valence-electron chi connectivity index (χ2n) is 6.94. The van der Waals surface area contributed by atoms with Crippen molar-refractivity contribution in [3.8, 4) is 0 Å². The highest BCUT2D eigenvalue weighted by atomic mass is 15.1. The maximum atomic E-state index is 6.09. The van der Waals surface area contributed by atoms with Gasteiger partial charge in [-0.15, -0.1) is 0 Å². The van der Waals surface area contributed by atoms with Crippen LogP contribution in [0.25, 0.3) is 0 Å². The van der Waals surface area contributed by atoms with Crippen LogP contribution in [0.4, 0.5) is 5.69 Å². The highest BCUT2D eigenvalue weighted by Gasteiger charge is 2.12. The Morgan fingerprint density at radius 3 is 2.44 bits per heavy atom. The van der Waals surface area contributed by atoms with E-state index in [1.165, 1.54) is 11.1 Å². The Labute approximate surface area is 151 Å². The minimum absolute atomic E-state index is 0.310. The van der Waals surface area contributed by atoms with Crippen LogP contribution in [0.15, 0.2) is 59.6 Å². The minimum Gasteiger partial charge on any atom is -0.370 e. The molecule has 1 unspecified atom stereocenters. The zero-order valence-corrected chi connectivity index (χ0v) is 15.7. The molecule has 0 bridgehead atoms. The third-order valence-corrected chi connectivity index (χ3v) is 4.34. The summed E-state index contributed by atoms with van der Waals surface area (Å²) in [6, 6.07) is 19.1. The summed E-state index contributed by atoms with van der Waals surface area (Å²) in [7, 11) is 4.16. The molecule has 4 heteroatoms. The molecule has 3 N–H and O–H groups in total. The Morgan fingerprint density at radius 2 is 1.80 bits per heavy atom. The summed E-state index contributed by atoms with van der Waals surface area (Å²) in [6.07, 6.45) is 0.952. The molecular weight excluding hydrogens is 308 g/mol. The lowest BCUT2D eigenvalue weighted by Crippen LogP contribution is -2.34. The van der Waals surface area contributed by atoms with Gasteiger partial charge in [-0.1, -0.05) is 56.3 Å². The van der Waals surface area contributed by atoms with Gasteiger partial charge in [0, 0.05) is 11.7 Å². The van der Waals surface area contributed by atoms with Gasteiger partial charge in [-0.2, -0.15) is 0 Å². The Hall–Kier alpha value is -2.33. The average molecular weight is 338 g/mol. The zero-order chi connectivity index (χ0) is 18.2. The quantitative estimate of drug-likeness (QED) is 0.598. The second kappa shape index (κ2) is 9.23. The van der Waals surface area contributed by atoms with Gasteiger partial charge >= 0.3 is 0 Å². The molecule has 25 heavy (non-hydrogen) atoms. The summed E-state index contributed by atoms with van der Waals surface area (Å²) in [5, 5.41) is 3.20. The first-order valence-electron chi connectivity index (χ1n) is 8.83. The molecule has 0 saturated heterocycles. The molecule has 0 saturated carbocycles. The fourth-order valence-corrected chi connectivity index (χ4v) is 2.66. The van der Waals surface area contributed by atoms with E-state index in [4.69, 9.17) is 5.73 Å². The Bertz CT molecular complexity index is 677. The molecule has 0 aliphatic carbocycles. The fourth-order valence-electron chi connectivity index (χ4n) is 2.66. The van der Waals surface area contributed by atoms with Crippen molar-refractivity contribution < 1.29 is 0 Å². The Balaban J connectivity index is 1.99. The highest BCUT2D eigenvalue weighted by Crippen LogP contribution is 2.18. The van der Waals surface area contributed by atoms with Crippen molar-refractivity contribution in [2.45, 2.75) is 32.2 Å². The van der Waals surface area contributed by atoms with E-state index in [0.717, 1.165) is 12.1 Å². The number of nitrogens with zero attached hydrogens (tertiary/aromatic N) is 2. The zero-order valence-electron chi connectivity index (χ0n) is 15.7. The molecular formula is C21H30N4. The van der Waals surface area contributed by atoms with E-state index in [0.29, 0.717) is 24.5 Å². The minimum atomic E-state index is 0.310. The third kappa shape index (κ3) is 6.24. The van der Waals surface area contributed by atoms with E-state index < -0.39 is 0 Å². The van der Waals surface area contributed by atoms with Gasteiger partial charge in [0.1, 0.15) is 0 Å². The average Bonchev–Trinajstić information content (AvgIpc) is 2.59. The van der Waals surface area contributed by atoms with Crippen LogP contribution in [0.3, 0.4) is 0 Å². The van der Waals surface area contributed by atoms with Crippen LogP contribution < -0.4 is 11.1 Å². The van der Waals surface area contributed by atoms with Crippen LogP contribution in [0, 0.1) is 0 Å². The topological polar surface area (TPSA) is 53.6 Å². The van der Waals surface area contributed by atoms with Gasteiger partial charge < -0.3 is 16.0 Å². The Kier molecular flexibility index (Phi) is 7.02. The summed E-state index contributed by atoms with van der Waals surface area (Å²) in [5.74, 6) is 0.949. The van der Waals surface area contributed by atoms with Crippen molar-refractivity contribution in [2.24, 2.45) is 10.7 Å². The van der Waals surface area contributed by atoms with E-state index in [1.807, 2.05) is 18.2 Å². The lowest BCUT2D eigenvalue weighted by atomic mass is 10.0. The van der Waals surface area contributed by atoms with E-state index >= 15 is 0 Å². The first-order chi connectivity index (χ1) is 12.0. The van der Waals surface area contributed by atoms with E-state index in [-0.39, 0.29) is 0 Å². The number of rotatable bonds is 7. The van der Waals surface area contributed by atoms with E-state index in [2.05, 4.69) is 79.6 Å². The first-order valence-corrected chi connectivity index (χ1v) is 8.83. The number of aliphatic imine (C=N–C) groups is 1. The summed E-state index contributed by atoms with van der Waals surface area (Å²) in [4.78, 5) is 6.75. The smallest absolute Gasteiger partial charge is 0.193 e. The number of anilines is 1. The van der Waals surface area contributed by atoms with Crippen LogP contribution in [0.1, 0.15) is 30.9 Å². The number of hydrogen-bond donors (Lipinski definition) is 2. The maximum absolute atomic E-state index is 6.09. The molecule has 0 fully saturated rings. The standard InChI is InChI=1S/C21H30N4/c1-16(2)18-11-8-12-19(14-18)24-21(22)23-15-20(25(3)4)13-17-9-6-5-7-10-17/h5-12,14,16,20H,13,15H2,1-4H3,(H3,22,23,24). The fraction of sp³-hybridized carbons (Fsp3) is 0.381. The van der Waals surface area contributed by atoms with Crippen molar-refractivity contribution >= 4 is 11.6 Å². The summed E-state index contributed by atoms with van der Waals surface area (Å²) >= 11 is 0. The molecule has 134 valence electrons. The molecule has 1 atom stereocenters. The largest absolute Gasteiger partial charge is 0.370 e. The SMILES string of the molecule is CC(C)c1cccc(NC(N)=NCC(Cc2ccccc2)N(C)C)c1. The number of nitrogens with two attached hydrogens (primary N) is 1. The molecule has 0 heterocycles. The molecule has 2 rings (SSSR count). The van der Waals surface area contributed by atoms with Gasteiger partial charge in [0.2, 0.25) is 0 Å². The van der Waals surface area contributed by atoms with Crippen molar-refractivity contribution in [2.75, 3.05) is 26.0 Å². The monoisotopic (exact) mass is 338 g/mol. The van der Waals surface area contributed by atoms with Gasteiger partial charge in [0.05, 0.1) is 6.54 Å². The summed E-state index contributed by atoms with van der Waals surface area (Å²) in [6.45, 7) is 5.02. The van der Waals surface area contributed by atoms with Crippen LogP contribution >= 0.6 is 0 Å². The van der Waals surface area contributed by atoms with Crippen molar-refractivity contribution in [3.05, 3.63) is 65.7 Å². The second-order valence-corrected chi connectivity index (χ2v) is 6.94. The van der Waals surface area contributed by atoms with Crippen LogP contribution in [0.5, 0.6) is 0 Å². The molecule has 0 aromatic heterocycles. The van der Waals surface area contributed by atoms with Crippen LogP contribution in [-0.2, 0) is 6.42 Å². The van der Waals surface area contributed by atoms with E-state index in [1.54, 1.807) is 0 Å².